The molecule has 0 aliphatic heterocycles. The van der Waals surface area contributed by atoms with Crippen LogP contribution >= 0.6 is 0 Å². The van der Waals surface area contributed by atoms with Gasteiger partial charge in [0.15, 0.2) is 0 Å². The van der Waals surface area contributed by atoms with Crippen LogP contribution < -0.4 is 11.6 Å². The molecule has 2 heterocycles. The smallest absolute Gasteiger partial charge is 0.221 e. The summed E-state index contributed by atoms with van der Waals surface area (Å²) in [6, 6.07) is 16.6. The summed E-state index contributed by atoms with van der Waals surface area (Å²) in [5.74, 6) is 5.59. The van der Waals surface area contributed by atoms with E-state index in [1.165, 1.54) is 6.21 Å². The van der Waals surface area contributed by atoms with Crippen molar-refractivity contribution in [3.63, 3.8) is 0 Å². The molecule has 0 fully saturated rings. The minimum Gasteiger partial charge on any atom is -0.378 e. The minimum atomic E-state index is 0.0405. The van der Waals surface area contributed by atoms with Gasteiger partial charge in [0, 0.05) is 12.7 Å². The maximum absolute atomic E-state index is 9.35. The first-order valence-electron chi connectivity index (χ1n) is 9.00. The quantitative estimate of drug-likeness (QED) is 0.350. The van der Waals surface area contributed by atoms with Gasteiger partial charge in [-0.25, -0.2) is 9.97 Å². The number of aromatic nitrogens is 3. The number of hydrogen-bond acceptors (Lipinski definition) is 9. The molecule has 2 aromatic heterocycles. The zero-order chi connectivity index (χ0) is 21.3. The fourth-order valence-electron chi connectivity index (χ4n) is 2.78. The van der Waals surface area contributed by atoms with Crippen LogP contribution in [0, 0.1) is 11.3 Å². The van der Waals surface area contributed by atoms with E-state index in [0.717, 1.165) is 11.4 Å². The minimum absolute atomic E-state index is 0.0405. The number of nitriles is 1. The van der Waals surface area contributed by atoms with E-state index in [1.54, 1.807) is 31.4 Å². The topological polar surface area (TPSA) is 148 Å². The molecule has 3 rings (SSSR count). The predicted octanol–water partition coefficient (Wildman–Crippen LogP) is 2.07. The van der Waals surface area contributed by atoms with Gasteiger partial charge in [0.25, 0.3) is 0 Å². The Labute approximate surface area is 173 Å². The van der Waals surface area contributed by atoms with Gasteiger partial charge in [-0.15, -0.1) is 0 Å². The second-order valence-electron chi connectivity index (χ2n) is 6.19. The largest absolute Gasteiger partial charge is 0.378 e. The third-order valence-electron chi connectivity index (χ3n) is 4.09. The molecule has 1 aromatic carbocycles. The number of aliphatic imine (C=N–C) groups is 1. The molecule has 0 bridgehead atoms. The van der Waals surface area contributed by atoms with Gasteiger partial charge in [0.1, 0.15) is 5.71 Å². The third kappa shape index (κ3) is 5.01. The van der Waals surface area contributed by atoms with Crippen LogP contribution in [0.25, 0.3) is 11.3 Å². The molecule has 0 atom stereocenters. The van der Waals surface area contributed by atoms with Crippen LogP contribution in [0.4, 0.5) is 5.95 Å². The predicted molar refractivity (Wildman–Crippen MR) is 114 cm³/mol. The standard InChI is InChI=1S/C21H20N8O/c1-30-13-16-7-4-6-15(26-16)11-25-12-20(29-24)19-9-18(27-21(23)28-19)17-8-3-2-5-14(17)10-22/h2-9,12H,11,13,24H2,1H3,(H2,23,27,28). The Morgan fingerprint density at radius 2 is 1.93 bits per heavy atom. The highest BCUT2D eigenvalue weighted by Gasteiger charge is 2.12. The lowest BCUT2D eigenvalue weighted by Gasteiger charge is -2.07. The number of pyridine rings is 1. The molecule has 0 unspecified atom stereocenters. The molecule has 3 aromatic rings. The highest BCUT2D eigenvalue weighted by molar-refractivity contribution is 6.37. The Morgan fingerprint density at radius 3 is 2.70 bits per heavy atom. The Hall–Kier alpha value is -4.16. The third-order valence-corrected chi connectivity index (χ3v) is 4.09. The van der Waals surface area contributed by atoms with E-state index < -0.39 is 0 Å². The highest BCUT2D eigenvalue weighted by Crippen LogP contribution is 2.22. The number of hydrogen-bond donors (Lipinski definition) is 2. The summed E-state index contributed by atoms with van der Waals surface area (Å²) in [7, 11) is 1.62. The van der Waals surface area contributed by atoms with E-state index >= 15 is 0 Å². The van der Waals surface area contributed by atoms with Gasteiger partial charge < -0.3 is 16.3 Å². The normalized spacial score (nSPS) is 11.5. The molecule has 150 valence electrons. The van der Waals surface area contributed by atoms with E-state index in [1.807, 2.05) is 24.3 Å². The molecule has 9 nitrogen and oxygen atoms in total. The van der Waals surface area contributed by atoms with Crippen LogP contribution in [-0.4, -0.2) is 34.0 Å². The maximum Gasteiger partial charge on any atom is 0.221 e. The van der Waals surface area contributed by atoms with Crippen molar-refractivity contribution in [3.05, 3.63) is 71.2 Å². The molecule has 9 heteroatoms. The fourth-order valence-corrected chi connectivity index (χ4v) is 2.78. The van der Waals surface area contributed by atoms with Crippen LogP contribution in [-0.2, 0) is 17.9 Å². The van der Waals surface area contributed by atoms with Crippen molar-refractivity contribution >= 4 is 17.9 Å². The van der Waals surface area contributed by atoms with Gasteiger partial charge in [-0.2, -0.15) is 10.4 Å². The average Bonchev–Trinajstić information content (AvgIpc) is 2.77. The van der Waals surface area contributed by atoms with Gasteiger partial charge >= 0.3 is 0 Å². The van der Waals surface area contributed by atoms with Crippen molar-refractivity contribution < 1.29 is 4.74 Å². The van der Waals surface area contributed by atoms with Crippen molar-refractivity contribution in [1.29, 1.82) is 5.26 Å². The summed E-state index contributed by atoms with van der Waals surface area (Å²) >= 11 is 0. The first-order chi connectivity index (χ1) is 14.6. The lowest BCUT2D eigenvalue weighted by molar-refractivity contribution is 0.181. The van der Waals surface area contributed by atoms with Gasteiger partial charge in [-0.1, -0.05) is 24.3 Å². The highest BCUT2D eigenvalue weighted by atomic mass is 16.5. The summed E-state index contributed by atoms with van der Waals surface area (Å²) in [4.78, 5) is 17.3. The molecule has 0 aliphatic rings. The summed E-state index contributed by atoms with van der Waals surface area (Å²) in [5.41, 5.74) is 9.82. The Kier molecular flexibility index (Phi) is 6.76. The van der Waals surface area contributed by atoms with Crippen LogP contribution in [0.5, 0.6) is 0 Å². The zero-order valence-electron chi connectivity index (χ0n) is 16.4. The van der Waals surface area contributed by atoms with Crippen molar-refractivity contribution in [2.75, 3.05) is 12.8 Å². The molecule has 0 saturated heterocycles. The number of nitrogens with two attached hydrogens (primary N) is 2. The van der Waals surface area contributed by atoms with Gasteiger partial charge in [-0.05, 0) is 24.3 Å². The van der Waals surface area contributed by atoms with E-state index in [4.69, 9.17) is 16.3 Å². The van der Waals surface area contributed by atoms with Crippen LogP contribution in [0.3, 0.4) is 0 Å². The Balaban J connectivity index is 1.85. The van der Waals surface area contributed by atoms with Crippen LogP contribution in [0.2, 0.25) is 0 Å². The van der Waals surface area contributed by atoms with Gasteiger partial charge in [0.2, 0.25) is 5.95 Å². The van der Waals surface area contributed by atoms with Crippen molar-refractivity contribution in [3.8, 4) is 17.3 Å². The van der Waals surface area contributed by atoms with Crippen molar-refractivity contribution in [2.24, 2.45) is 15.9 Å². The van der Waals surface area contributed by atoms with Crippen molar-refractivity contribution in [2.45, 2.75) is 13.2 Å². The first-order valence-corrected chi connectivity index (χ1v) is 9.00. The number of hydrazone groups is 1. The Bertz CT molecular complexity index is 1130. The molecule has 0 radical (unpaired) electrons. The second-order valence-corrected chi connectivity index (χ2v) is 6.19. The maximum atomic E-state index is 9.35. The summed E-state index contributed by atoms with van der Waals surface area (Å²) in [6.07, 6.45) is 1.51. The molecule has 0 aliphatic carbocycles. The van der Waals surface area contributed by atoms with E-state index in [-0.39, 0.29) is 5.95 Å². The molecule has 0 amide bonds. The molecular weight excluding hydrogens is 380 g/mol. The van der Waals surface area contributed by atoms with Crippen LogP contribution in [0.1, 0.15) is 22.6 Å². The zero-order valence-corrected chi connectivity index (χ0v) is 16.4. The van der Waals surface area contributed by atoms with Gasteiger partial charge in [-0.3, -0.25) is 9.98 Å². The molecular formula is C21H20N8O. The summed E-state index contributed by atoms with van der Waals surface area (Å²) in [5, 5.41) is 13.1. The van der Waals surface area contributed by atoms with Crippen LogP contribution in [0.15, 0.2) is 58.6 Å². The number of methoxy groups -OCH3 is 1. The summed E-state index contributed by atoms with van der Waals surface area (Å²) < 4.78 is 5.09. The molecule has 0 spiro atoms. The summed E-state index contributed by atoms with van der Waals surface area (Å²) in [6.45, 7) is 0.765. The number of nitrogen functional groups attached to an aromatic ring is 1. The number of nitrogens with zero attached hydrogens (tertiary/aromatic N) is 6. The number of rotatable bonds is 7. The van der Waals surface area contributed by atoms with E-state index in [9.17, 15) is 5.26 Å². The van der Waals surface area contributed by atoms with E-state index in [2.05, 4.69) is 31.1 Å². The lowest BCUT2D eigenvalue weighted by atomic mass is 10.0. The number of anilines is 1. The average molecular weight is 400 g/mol. The van der Waals surface area contributed by atoms with Crippen molar-refractivity contribution in [1.82, 2.24) is 15.0 Å². The van der Waals surface area contributed by atoms with Gasteiger partial charge in [0.05, 0.1) is 53.8 Å². The molecule has 4 N–H and O–H groups in total. The SMILES string of the molecule is COCc1cccc(CN=CC(=NN)c2cc(-c3ccccc3C#N)nc(N)n2)n1. The Morgan fingerprint density at radius 1 is 1.13 bits per heavy atom. The lowest BCUT2D eigenvalue weighted by Crippen LogP contribution is -2.12. The van der Waals surface area contributed by atoms with E-state index in [0.29, 0.717) is 41.4 Å². The number of ether oxygens (including phenoxy) is 1. The molecule has 0 saturated carbocycles. The molecule has 30 heavy (non-hydrogen) atoms. The second kappa shape index (κ2) is 9.86. The first kappa shape index (κ1) is 20.6. The number of benzene rings is 1. The monoisotopic (exact) mass is 400 g/mol. The fraction of sp³-hybridized carbons (Fsp3) is 0.143.